The third-order valence-electron chi connectivity index (χ3n) is 5.62. The summed E-state index contributed by atoms with van der Waals surface area (Å²) in [5.41, 5.74) is 1.68. The van der Waals surface area contributed by atoms with Gasteiger partial charge in [-0.1, -0.05) is 12.1 Å². The molecule has 8 heteroatoms. The van der Waals surface area contributed by atoms with E-state index in [0.29, 0.717) is 43.0 Å². The number of piperidine rings is 1. The highest BCUT2D eigenvalue weighted by Crippen LogP contribution is 2.36. The molecule has 2 aliphatic heterocycles. The number of nitrogens with one attached hydrogen (secondary N) is 3. The third kappa shape index (κ3) is 3.15. The Morgan fingerprint density at radius 1 is 1.14 bits per heavy atom. The van der Waals surface area contributed by atoms with Crippen LogP contribution < -0.4 is 16.2 Å². The number of hydrogen-bond donors (Lipinski definition) is 3. The molecule has 1 spiro atoms. The van der Waals surface area contributed by atoms with Gasteiger partial charge in [0.05, 0.1) is 17.8 Å². The van der Waals surface area contributed by atoms with E-state index in [9.17, 15) is 14.4 Å². The third-order valence-corrected chi connectivity index (χ3v) is 5.62. The van der Waals surface area contributed by atoms with E-state index in [2.05, 4.69) is 20.6 Å². The number of benzene rings is 1. The first kappa shape index (κ1) is 18.2. The standard InChI is InChI=1S/C20H23N5O3/c1-12-14(18(27)22-13(2)21-12)11-17(26)25-9-7-20(8-10-25)19(28)23-15-5-3-4-6-16(15)24-20/h3-6,24H,7-11H2,1-2H3,(H,23,28)(H,21,22,27). The topological polar surface area (TPSA) is 107 Å². The maximum absolute atomic E-state index is 12.7. The zero-order chi connectivity index (χ0) is 19.9. The van der Waals surface area contributed by atoms with E-state index in [-0.39, 0.29) is 23.8 Å². The Hall–Kier alpha value is -3.16. The zero-order valence-electron chi connectivity index (χ0n) is 16.0. The minimum Gasteiger partial charge on any atom is -0.369 e. The summed E-state index contributed by atoms with van der Waals surface area (Å²) >= 11 is 0. The maximum atomic E-state index is 12.7. The van der Waals surface area contributed by atoms with Crippen molar-refractivity contribution in [3.05, 3.63) is 51.7 Å². The molecule has 1 aromatic heterocycles. The number of rotatable bonds is 2. The molecule has 8 nitrogen and oxygen atoms in total. The second-order valence-electron chi connectivity index (χ2n) is 7.48. The van der Waals surface area contributed by atoms with Crippen LogP contribution in [0.5, 0.6) is 0 Å². The number of aromatic amines is 1. The molecule has 0 atom stereocenters. The van der Waals surface area contributed by atoms with Crippen molar-refractivity contribution in [2.24, 2.45) is 0 Å². The fourth-order valence-corrected chi connectivity index (χ4v) is 3.97. The number of likely N-dealkylation sites (tertiary alicyclic amines) is 1. The van der Waals surface area contributed by atoms with Crippen molar-refractivity contribution in [2.45, 2.75) is 38.6 Å². The maximum Gasteiger partial charge on any atom is 0.254 e. The first-order chi connectivity index (χ1) is 13.4. The highest BCUT2D eigenvalue weighted by molar-refractivity contribution is 6.06. The summed E-state index contributed by atoms with van der Waals surface area (Å²) < 4.78 is 0. The lowest BCUT2D eigenvalue weighted by atomic mass is 9.84. The van der Waals surface area contributed by atoms with Crippen LogP contribution in [-0.2, 0) is 16.0 Å². The van der Waals surface area contributed by atoms with E-state index >= 15 is 0 Å². The van der Waals surface area contributed by atoms with Gasteiger partial charge in [-0.05, 0) is 38.8 Å². The van der Waals surface area contributed by atoms with Gasteiger partial charge in [0.15, 0.2) is 0 Å². The molecule has 146 valence electrons. The summed E-state index contributed by atoms with van der Waals surface area (Å²) in [5.74, 6) is 0.354. The van der Waals surface area contributed by atoms with Crippen LogP contribution in [0.1, 0.15) is 29.9 Å². The van der Waals surface area contributed by atoms with Crippen molar-refractivity contribution >= 4 is 23.2 Å². The van der Waals surface area contributed by atoms with Crippen molar-refractivity contribution in [1.82, 2.24) is 14.9 Å². The quantitative estimate of drug-likeness (QED) is 0.728. The monoisotopic (exact) mass is 381 g/mol. The minimum atomic E-state index is -0.704. The number of carbonyl (C=O) groups excluding carboxylic acids is 2. The predicted molar refractivity (Wildman–Crippen MR) is 105 cm³/mol. The number of aromatic nitrogens is 2. The SMILES string of the molecule is Cc1nc(C)c(CC(=O)N2CCC3(CC2)Nc2ccccc2NC3=O)c(=O)[nH]1. The van der Waals surface area contributed by atoms with Gasteiger partial charge in [-0.25, -0.2) is 4.98 Å². The van der Waals surface area contributed by atoms with E-state index in [0.717, 1.165) is 11.4 Å². The molecule has 0 bridgehead atoms. The van der Waals surface area contributed by atoms with Crippen LogP contribution in [0.2, 0.25) is 0 Å². The van der Waals surface area contributed by atoms with Crippen molar-refractivity contribution in [3.63, 3.8) is 0 Å². The van der Waals surface area contributed by atoms with Crippen LogP contribution in [-0.4, -0.2) is 45.3 Å². The molecule has 1 saturated heterocycles. The van der Waals surface area contributed by atoms with Crippen molar-refractivity contribution in [1.29, 1.82) is 0 Å². The molecule has 3 N–H and O–H groups in total. The average Bonchev–Trinajstić information content (AvgIpc) is 2.66. The highest BCUT2D eigenvalue weighted by atomic mass is 16.2. The number of amides is 2. The molecule has 2 aromatic rings. The molecule has 2 aliphatic rings. The van der Waals surface area contributed by atoms with Gasteiger partial charge in [0.2, 0.25) is 11.8 Å². The normalized spacial score (nSPS) is 17.6. The van der Waals surface area contributed by atoms with Crippen LogP contribution in [0, 0.1) is 13.8 Å². The predicted octanol–water partition coefficient (Wildman–Crippen LogP) is 1.35. The number of hydrogen-bond acceptors (Lipinski definition) is 5. The molecule has 2 amide bonds. The van der Waals surface area contributed by atoms with E-state index in [1.165, 1.54) is 0 Å². The summed E-state index contributed by atoms with van der Waals surface area (Å²) in [5, 5.41) is 6.35. The van der Waals surface area contributed by atoms with Crippen molar-refractivity contribution < 1.29 is 9.59 Å². The molecule has 0 saturated carbocycles. The summed E-state index contributed by atoms with van der Waals surface area (Å²) in [7, 11) is 0. The number of aryl methyl sites for hydroxylation is 2. The lowest BCUT2D eigenvalue weighted by molar-refractivity contribution is -0.134. The Morgan fingerprint density at radius 2 is 1.82 bits per heavy atom. The number of carbonyl (C=O) groups is 2. The van der Waals surface area contributed by atoms with Gasteiger partial charge in [0.25, 0.3) is 5.56 Å². The van der Waals surface area contributed by atoms with E-state index in [1.807, 2.05) is 24.3 Å². The summed E-state index contributed by atoms with van der Waals surface area (Å²) in [6.07, 6.45) is 1.05. The van der Waals surface area contributed by atoms with E-state index < -0.39 is 5.54 Å². The second kappa shape index (κ2) is 6.78. The molecule has 0 unspecified atom stereocenters. The second-order valence-corrected chi connectivity index (χ2v) is 7.48. The number of H-pyrrole nitrogens is 1. The number of para-hydroxylation sites is 2. The van der Waals surface area contributed by atoms with Gasteiger partial charge in [-0.15, -0.1) is 0 Å². The summed E-state index contributed by atoms with van der Waals surface area (Å²) in [6, 6.07) is 7.60. The van der Waals surface area contributed by atoms with Gasteiger partial charge >= 0.3 is 0 Å². The number of anilines is 2. The molecule has 0 radical (unpaired) electrons. The number of fused-ring (bicyclic) bond motifs is 1. The lowest BCUT2D eigenvalue weighted by Crippen LogP contribution is -2.59. The fourth-order valence-electron chi connectivity index (χ4n) is 3.97. The van der Waals surface area contributed by atoms with E-state index in [4.69, 9.17) is 0 Å². The summed E-state index contributed by atoms with van der Waals surface area (Å²) in [6.45, 7) is 4.36. The van der Waals surface area contributed by atoms with Gasteiger partial charge in [0.1, 0.15) is 11.4 Å². The molecule has 1 fully saturated rings. The largest absolute Gasteiger partial charge is 0.369 e. The van der Waals surface area contributed by atoms with Crippen LogP contribution in [0.4, 0.5) is 11.4 Å². The molecule has 4 rings (SSSR count). The Bertz CT molecular complexity index is 1010. The van der Waals surface area contributed by atoms with Crippen LogP contribution in [0.25, 0.3) is 0 Å². The average molecular weight is 381 g/mol. The van der Waals surface area contributed by atoms with Crippen LogP contribution in [0.15, 0.2) is 29.1 Å². The van der Waals surface area contributed by atoms with Crippen LogP contribution in [0.3, 0.4) is 0 Å². The van der Waals surface area contributed by atoms with Crippen LogP contribution >= 0.6 is 0 Å². The number of nitrogens with zero attached hydrogens (tertiary/aromatic N) is 2. The summed E-state index contributed by atoms with van der Waals surface area (Å²) in [4.78, 5) is 46.2. The molecule has 1 aromatic carbocycles. The molecular weight excluding hydrogens is 358 g/mol. The van der Waals surface area contributed by atoms with Gasteiger partial charge in [-0.2, -0.15) is 0 Å². The molecular formula is C20H23N5O3. The van der Waals surface area contributed by atoms with Gasteiger partial charge in [0, 0.05) is 24.3 Å². The Labute approximate surface area is 162 Å². The Balaban J connectivity index is 1.45. The van der Waals surface area contributed by atoms with E-state index in [1.54, 1.807) is 18.7 Å². The first-order valence-corrected chi connectivity index (χ1v) is 9.41. The Morgan fingerprint density at radius 3 is 2.50 bits per heavy atom. The minimum absolute atomic E-state index is 0.0178. The smallest absolute Gasteiger partial charge is 0.254 e. The zero-order valence-corrected chi connectivity index (χ0v) is 16.0. The lowest BCUT2D eigenvalue weighted by Gasteiger charge is -2.44. The molecule has 0 aliphatic carbocycles. The molecule has 3 heterocycles. The molecule has 28 heavy (non-hydrogen) atoms. The Kier molecular flexibility index (Phi) is 4.41. The first-order valence-electron chi connectivity index (χ1n) is 9.41. The van der Waals surface area contributed by atoms with Gasteiger partial charge in [-0.3, -0.25) is 14.4 Å². The van der Waals surface area contributed by atoms with Crippen molar-refractivity contribution in [2.75, 3.05) is 23.7 Å². The highest BCUT2D eigenvalue weighted by Gasteiger charge is 2.45. The van der Waals surface area contributed by atoms with Gasteiger partial charge < -0.3 is 20.5 Å². The fraction of sp³-hybridized carbons (Fsp3) is 0.400. The van der Waals surface area contributed by atoms with Crippen molar-refractivity contribution in [3.8, 4) is 0 Å².